The van der Waals surface area contributed by atoms with E-state index in [1.807, 2.05) is 24.5 Å². The van der Waals surface area contributed by atoms with Crippen molar-refractivity contribution < 1.29 is 0 Å². The molecular weight excluding hydrogens is 274 g/mol. The molecule has 0 radical (unpaired) electrons. The zero-order valence-electron chi connectivity index (χ0n) is 12.3. The molecule has 1 N–H and O–H groups in total. The summed E-state index contributed by atoms with van der Waals surface area (Å²) < 4.78 is 0. The molecule has 3 rings (SSSR count). The van der Waals surface area contributed by atoms with Crippen molar-refractivity contribution in [2.24, 2.45) is 0 Å². The van der Waals surface area contributed by atoms with Gasteiger partial charge in [-0.1, -0.05) is 54.6 Å². The summed E-state index contributed by atoms with van der Waals surface area (Å²) in [4.78, 5) is 2.70. The van der Waals surface area contributed by atoms with Crippen LogP contribution in [0.15, 0.2) is 66.7 Å². The SMILES string of the molecule is CNC(C)c1ccc(-c2ccc(-c3ccccc3)cc2)s1. The molecule has 1 nitrogen and oxygen atoms in total. The summed E-state index contributed by atoms with van der Waals surface area (Å²) in [5.74, 6) is 0. The van der Waals surface area contributed by atoms with Gasteiger partial charge in [0.15, 0.2) is 0 Å². The first-order chi connectivity index (χ1) is 10.3. The number of thiophene rings is 1. The van der Waals surface area contributed by atoms with Crippen molar-refractivity contribution >= 4 is 11.3 Å². The van der Waals surface area contributed by atoms with Crippen LogP contribution >= 0.6 is 11.3 Å². The molecule has 1 aromatic heterocycles. The van der Waals surface area contributed by atoms with Crippen LogP contribution in [0.5, 0.6) is 0 Å². The van der Waals surface area contributed by atoms with E-state index in [0.717, 1.165) is 0 Å². The summed E-state index contributed by atoms with van der Waals surface area (Å²) in [5, 5.41) is 3.29. The predicted molar refractivity (Wildman–Crippen MR) is 92.7 cm³/mol. The Hall–Kier alpha value is -1.90. The summed E-state index contributed by atoms with van der Waals surface area (Å²) in [6, 6.07) is 24.2. The van der Waals surface area contributed by atoms with Crippen molar-refractivity contribution in [2.45, 2.75) is 13.0 Å². The molecule has 1 heterocycles. The fraction of sp³-hybridized carbons (Fsp3) is 0.158. The van der Waals surface area contributed by atoms with Crippen LogP contribution < -0.4 is 5.32 Å². The Balaban J connectivity index is 1.86. The smallest absolute Gasteiger partial charge is 0.0383 e. The zero-order valence-corrected chi connectivity index (χ0v) is 13.2. The molecule has 0 fully saturated rings. The highest BCUT2D eigenvalue weighted by Crippen LogP contribution is 2.32. The fourth-order valence-electron chi connectivity index (χ4n) is 2.34. The predicted octanol–water partition coefficient (Wildman–Crippen LogP) is 5.36. The Bertz CT molecular complexity index is 698. The molecule has 0 aliphatic rings. The first kappa shape index (κ1) is 14.1. The molecule has 2 heteroatoms. The van der Waals surface area contributed by atoms with E-state index in [4.69, 9.17) is 0 Å². The van der Waals surface area contributed by atoms with Crippen LogP contribution in [0.25, 0.3) is 21.6 Å². The third-order valence-electron chi connectivity index (χ3n) is 3.76. The Kier molecular flexibility index (Phi) is 4.18. The normalized spacial score (nSPS) is 12.3. The molecule has 0 amide bonds. The van der Waals surface area contributed by atoms with Crippen LogP contribution in [0.3, 0.4) is 0 Å². The maximum absolute atomic E-state index is 3.29. The molecule has 0 saturated heterocycles. The average Bonchev–Trinajstić information content (AvgIpc) is 3.05. The number of rotatable bonds is 4. The standard InChI is InChI=1S/C19H19NS/c1-14(20-2)18-12-13-19(21-18)17-10-8-16(9-11-17)15-6-4-3-5-7-15/h3-14,20H,1-2H3. The lowest BCUT2D eigenvalue weighted by Crippen LogP contribution is -2.10. The van der Waals surface area contributed by atoms with Crippen LogP contribution in [0.1, 0.15) is 17.8 Å². The molecule has 0 aliphatic heterocycles. The molecule has 3 aromatic rings. The lowest BCUT2D eigenvalue weighted by atomic mass is 10.0. The van der Waals surface area contributed by atoms with E-state index in [-0.39, 0.29) is 0 Å². The van der Waals surface area contributed by atoms with Gasteiger partial charge in [-0.2, -0.15) is 0 Å². The molecule has 0 spiro atoms. The quantitative estimate of drug-likeness (QED) is 0.682. The summed E-state index contributed by atoms with van der Waals surface area (Å²) in [7, 11) is 2.00. The first-order valence-electron chi connectivity index (χ1n) is 7.21. The molecule has 2 aromatic carbocycles. The van der Waals surface area contributed by atoms with Crippen molar-refractivity contribution in [3.8, 4) is 21.6 Å². The number of nitrogens with one attached hydrogen (secondary N) is 1. The average molecular weight is 293 g/mol. The minimum atomic E-state index is 0.410. The summed E-state index contributed by atoms with van der Waals surface area (Å²) in [6.07, 6.45) is 0. The summed E-state index contributed by atoms with van der Waals surface area (Å²) >= 11 is 1.86. The van der Waals surface area contributed by atoms with Crippen LogP contribution in [-0.2, 0) is 0 Å². The fourth-order valence-corrected chi connectivity index (χ4v) is 3.42. The van der Waals surface area contributed by atoms with E-state index >= 15 is 0 Å². The Morgan fingerprint density at radius 1 is 0.762 bits per heavy atom. The maximum Gasteiger partial charge on any atom is 0.0383 e. The van der Waals surface area contributed by atoms with Crippen molar-refractivity contribution in [2.75, 3.05) is 7.05 Å². The summed E-state index contributed by atoms with van der Waals surface area (Å²) in [5.41, 5.74) is 3.81. The Labute approximate surface area is 130 Å². The highest BCUT2D eigenvalue weighted by atomic mass is 32.1. The highest BCUT2D eigenvalue weighted by Gasteiger charge is 2.08. The molecule has 21 heavy (non-hydrogen) atoms. The number of benzene rings is 2. The first-order valence-corrected chi connectivity index (χ1v) is 8.02. The third kappa shape index (κ3) is 3.07. The van der Waals surface area contributed by atoms with Crippen molar-refractivity contribution in [1.29, 1.82) is 0 Å². The van der Waals surface area contributed by atoms with Crippen molar-refractivity contribution in [3.05, 3.63) is 71.6 Å². The minimum Gasteiger partial charge on any atom is -0.313 e. The van der Waals surface area contributed by atoms with E-state index < -0.39 is 0 Å². The topological polar surface area (TPSA) is 12.0 Å². The molecular formula is C19H19NS. The van der Waals surface area contributed by atoms with Gasteiger partial charge in [-0.25, -0.2) is 0 Å². The van der Waals surface area contributed by atoms with Gasteiger partial charge in [0, 0.05) is 15.8 Å². The highest BCUT2D eigenvalue weighted by molar-refractivity contribution is 7.15. The second kappa shape index (κ2) is 6.25. The third-order valence-corrected chi connectivity index (χ3v) is 5.08. The molecule has 1 unspecified atom stereocenters. The Morgan fingerprint density at radius 2 is 1.38 bits per heavy atom. The molecule has 0 bridgehead atoms. The lowest BCUT2D eigenvalue weighted by Gasteiger charge is -2.06. The van der Waals surface area contributed by atoms with Crippen LogP contribution in [0.4, 0.5) is 0 Å². The van der Waals surface area contributed by atoms with Gasteiger partial charge >= 0.3 is 0 Å². The van der Waals surface area contributed by atoms with Crippen LogP contribution in [0, 0.1) is 0 Å². The van der Waals surface area contributed by atoms with Crippen molar-refractivity contribution in [3.63, 3.8) is 0 Å². The van der Waals surface area contributed by atoms with Crippen LogP contribution in [0.2, 0.25) is 0 Å². The van der Waals surface area contributed by atoms with Gasteiger partial charge in [0.1, 0.15) is 0 Å². The molecule has 106 valence electrons. The van der Waals surface area contributed by atoms with E-state index in [2.05, 4.69) is 72.9 Å². The van der Waals surface area contributed by atoms with E-state index in [9.17, 15) is 0 Å². The molecule has 0 saturated carbocycles. The second-order valence-corrected chi connectivity index (χ2v) is 6.27. The van der Waals surface area contributed by atoms with Gasteiger partial charge in [-0.3, -0.25) is 0 Å². The Morgan fingerprint density at radius 3 is 2.05 bits per heavy atom. The maximum atomic E-state index is 3.29. The van der Waals surface area contributed by atoms with Gasteiger partial charge in [-0.05, 0) is 42.8 Å². The lowest BCUT2D eigenvalue weighted by molar-refractivity contribution is 0.664. The van der Waals surface area contributed by atoms with E-state index in [1.165, 1.54) is 26.4 Å². The second-order valence-electron chi connectivity index (χ2n) is 5.16. The monoisotopic (exact) mass is 293 g/mol. The molecule has 1 atom stereocenters. The van der Waals surface area contributed by atoms with Gasteiger partial charge < -0.3 is 5.32 Å². The largest absolute Gasteiger partial charge is 0.313 e. The number of hydrogen-bond donors (Lipinski definition) is 1. The van der Waals surface area contributed by atoms with Gasteiger partial charge in [-0.15, -0.1) is 11.3 Å². The minimum absolute atomic E-state index is 0.410. The number of hydrogen-bond acceptors (Lipinski definition) is 2. The van der Waals surface area contributed by atoms with Crippen molar-refractivity contribution in [1.82, 2.24) is 5.32 Å². The van der Waals surface area contributed by atoms with E-state index in [0.29, 0.717) is 6.04 Å². The molecule has 0 aliphatic carbocycles. The van der Waals surface area contributed by atoms with Gasteiger partial charge in [0.2, 0.25) is 0 Å². The summed E-state index contributed by atoms with van der Waals surface area (Å²) in [6.45, 7) is 2.19. The van der Waals surface area contributed by atoms with Crippen LogP contribution in [-0.4, -0.2) is 7.05 Å². The zero-order chi connectivity index (χ0) is 14.7. The van der Waals surface area contributed by atoms with Gasteiger partial charge in [0.25, 0.3) is 0 Å². The van der Waals surface area contributed by atoms with Gasteiger partial charge in [0.05, 0.1) is 0 Å². The van der Waals surface area contributed by atoms with E-state index in [1.54, 1.807) is 0 Å².